The van der Waals surface area contributed by atoms with E-state index in [1.165, 1.54) is 17.7 Å². The molecule has 0 bridgehead atoms. The number of hydrogen-bond donors (Lipinski definition) is 1. The molecule has 0 radical (unpaired) electrons. The maximum atomic E-state index is 11.8. The summed E-state index contributed by atoms with van der Waals surface area (Å²) in [5.41, 5.74) is 8.03. The second-order valence-electron chi connectivity index (χ2n) is 6.17. The van der Waals surface area contributed by atoms with Crippen LogP contribution in [0.4, 0.5) is 0 Å². The molecule has 1 aromatic carbocycles. The van der Waals surface area contributed by atoms with E-state index in [0.717, 1.165) is 16.1 Å². The van der Waals surface area contributed by atoms with Gasteiger partial charge in [-0.05, 0) is 56.0 Å². The van der Waals surface area contributed by atoms with E-state index in [-0.39, 0.29) is 5.69 Å². The van der Waals surface area contributed by atoms with E-state index in [2.05, 4.69) is 17.2 Å². The number of nitrogens with two attached hydrogens (primary N) is 1. The Morgan fingerprint density at radius 1 is 1.28 bits per heavy atom. The number of thiophene rings is 1. The third kappa shape index (κ3) is 2.97. The van der Waals surface area contributed by atoms with Crippen molar-refractivity contribution in [1.29, 1.82) is 0 Å². The van der Waals surface area contributed by atoms with Crippen LogP contribution in [0, 0.1) is 6.92 Å². The van der Waals surface area contributed by atoms with Crippen molar-refractivity contribution in [2.45, 2.75) is 25.7 Å². The zero-order chi connectivity index (χ0) is 17.7. The first-order chi connectivity index (χ1) is 12.0. The van der Waals surface area contributed by atoms with Gasteiger partial charge in [0.2, 0.25) is 0 Å². The molecule has 1 fully saturated rings. The fourth-order valence-electron chi connectivity index (χ4n) is 2.91. The smallest absolute Gasteiger partial charge is 0.269 e. The molecule has 128 valence electrons. The highest BCUT2D eigenvalue weighted by Gasteiger charge is 2.27. The van der Waals surface area contributed by atoms with Gasteiger partial charge in [-0.1, -0.05) is 23.2 Å². The highest BCUT2D eigenvalue weighted by atomic mass is 35.5. The minimum atomic E-state index is -0.554. The van der Waals surface area contributed by atoms with Gasteiger partial charge in [0.15, 0.2) is 5.69 Å². The van der Waals surface area contributed by atoms with Crippen LogP contribution in [0.2, 0.25) is 10.0 Å². The first-order valence-electron chi connectivity index (χ1n) is 7.90. The lowest BCUT2D eigenvalue weighted by Crippen LogP contribution is -2.13. The molecule has 7 heteroatoms. The summed E-state index contributed by atoms with van der Waals surface area (Å²) in [6.07, 6.45) is 2.49. The van der Waals surface area contributed by atoms with Crippen LogP contribution in [0.25, 0.3) is 16.3 Å². The first kappa shape index (κ1) is 16.6. The molecule has 1 amide bonds. The number of hydrogen-bond acceptors (Lipinski definition) is 3. The van der Waals surface area contributed by atoms with Gasteiger partial charge in [-0.2, -0.15) is 5.10 Å². The molecule has 0 saturated heterocycles. The summed E-state index contributed by atoms with van der Waals surface area (Å²) in [6.45, 7) is 1.86. The molecule has 1 aliphatic carbocycles. The van der Waals surface area contributed by atoms with Crippen LogP contribution in [-0.2, 0) is 0 Å². The number of amides is 1. The average molecular weight is 392 g/mol. The Morgan fingerprint density at radius 3 is 2.68 bits per heavy atom. The number of carbonyl (C=O) groups is 1. The molecule has 1 saturated carbocycles. The van der Waals surface area contributed by atoms with E-state index in [4.69, 9.17) is 28.9 Å². The van der Waals surface area contributed by atoms with Crippen LogP contribution in [-0.4, -0.2) is 15.7 Å². The quantitative estimate of drug-likeness (QED) is 0.664. The average Bonchev–Trinajstić information content (AvgIpc) is 3.19. The van der Waals surface area contributed by atoms with Crippen LogP contribution in [0.5, 0.6) is 0 Å². The van der Waals surface area contributed by atoms with Crippen LogP contribution in [0.15, 0.2) is 30.3 Å². The van der Waals surface area contributed by atoms with Crippen molar-refractivity contribution in [3.05, 3.63) is 56.5 Å². The van der Waals surface area contributed by atoms with Gasteiger partial charge in [0.05, 0.1) is 21.3 Å². The van der Waals surface area contributed by atoms with Gasteiger partial charge in [-0.15, -0.1) is 11.3 Å². The summed E-state index contributed by atoms with van der Waals surface area (Å²) >= 11 is 14.1. The van der Waals surface area contributed by atoms with E-state index in [1.807, 2.05) is 6.92 Å². The molecule has 0 spiro atoms. The van der Waals surface area contributed by atoms with Crippen molar-refractivity contribution in [1.82, 2.24) is 9.78 Å². The van der Waals surface area contributed by atoms with E-state index in [0.29, 0.717) is 21.7 Å². The molecule has 3 aromatic rings. The maximum absolute atomic E-state index is 11.8. The number of primary amides is 1. The molecule has 2 heterocycles. The lowest BCUT2D eigenvalue weighted by molar-refractivity contribution is 0.0994. The standard InChI is InChI=1S/C18H15Cl2N3OS/c1-9-16(18(21)24)22-23(13-5-4-11(19)8-12(13)20)17(9)15-7-6-14(25-15)10-2-3-10/h4-8,10H,2-3H2,1H3,(H2,21,24). The van der Waals surface area contributed by atoms with Crippen molar-refractivity contribution in [3.63, 3.8) is 0 Å². The van der Waals surface area contributed by atoms with Gasteiger partial charge in [-0.25, -0.2) is 4.68 Å². The Morgan fingerprint density at radius 2 is 2.04 bits per heavy atom. The normalized spacial score (nSPS) is 14.0. The summed E-state index contributed by atoms with van der Waals surface area (Å²) in [5, 5.41) is 5.44. The Bertz CT molecular complexity index is 988. The fourth-order valence-corrected chi connectivity index (χ4v) is 4.67. The number of aromatic nitrogens is 2. The van der Waals surface area contributed by atoms with Gasteiger partial charge in [0.25, 0.3) is 5.91 Å². The van der Waals surface area contributed by atoms with E-state index < -0.39 is 5.91 Å². The Kier molecular flexibility index (Phi) is 4.10. The Hall–Kier alpha value is -1.82. The Labute approximate surface area is 159 Å². The third-order valence-corrected chi connectivity index (χ3v) is 6.13. The Balaban J connectivity index is 1.93. The predicted molar refractivity (Wildman–Crippen MR) is 102 cm³/mol. The molecule has 0 atom stereocenters. The van der Waals surface area contributed by atoms with Gasteiger partial charge in [0, 0.05) is 15.5 Å². The minimum absolute atomic E-state index is 0.252. The van der Waals surface area contributed by atoms with Gasteiger partial charge < -0.3 is 5.73 Å². The van der Waals surface area contributed by atoms with Crippen molar-refractivity contribution in [2.24, 2.45) is 5.73 Å². The number of carbonyl (C=O) groups excluding carboxylic acids is 1. The largest absolute Gasteiger partial charge is 0.364 e. The first-order valence-corrected chi connectivity index (χ1v) is 9.48. The summed E-state index contributed by atoms with van der Waals surface area (Å²) in [4.78, 5) is 14.2. The highest BCUT2D eigenvalue weighted by Crippen LogP contribution is 2.46. The molecule has 0 unspecified atom stereocenters. The lowest BCUT2D eigenvalue weighted by Gasteiger charge is -2.09. The van der Waals surface area contributed by atoms with Crippen LogP contribution in [0.3, 0.4) is 0 Å². The number of benzene rings is 1. The maximum Gasteiger partial charge on any atom is 0.269 e. The van der Waals surface area contributed by atoms with Crippen molar-refractivity contribution in [3.8, 4) is 16.3 Å². The monoisotopic (exact) mass is 391 g/mol. The fraction of sp³-hybridized carbons (Fsp3) is 0.222. The second-order valence-corrected chi connectivity index (χ2v) is 8.13. The molecular formula is C18H15Cl2N3OS. The molecule has 0 aliphatic heterocycles. The van der Waals surface area contributed by atoms with Crippen LogP contribution < -0.4 is 5.73 Å². The van der Waals surface area contributed by atoms with E-state index in [9.17, 15) is 4.79 Å². The third-order valence-electron chi connectivity index (χ3n) is 4.33. The summed E-state index contributed by atoms with van der Waals surface area (Å²) < 4.78 is 1.69. The molecular weight excluding hydrogens is 377 g/mol. The molecule has 4 rings (SSSR count). The van der Waals surface area contributed by atoms with Gasteiger partial charge >= 0.3 is 0 Å². The number of nitrogens with zero attached hydrogens (tertiary/aromatic N) is 2. The van der Waals surface area contributed by atoms with Crippen molar-refractivity contribution in [2.75, 3.05) is 0 Å². The molecule has 1 aliphatic rings. The van der Waals surface area contributed by atoms with Crippen molar-refractivity contribution < 1.29 is 4.79 Å². The van der Waals surface area contributed by atoms with Gasteiger partial charge in [0.1, 0.15) is 0 Å². The molecule has 25 heavy (non-hydrogen) atoms. The van der Waals surface area contributed by atoms with Crippen LogP contribution in [0.1, 0.15) is 39.7 Å². The lowest BCUT2D eigenvalue weighted by atomic mass is 10.1. The van der Waals surface area contributed by atoms with Gasteiger partial charge in [-0.3, -0.25) is 4.79 Å². The molecule has 4 nitrogen and oxygen atoms in total. The minimum Gasteiger partial charge on any atom is -0.364 e. The number of halogens is 2. The van der Waals surface area contributed by atoms with E-state index in [1.54, 1.807) is 34.2 Å². The van der Waals surface area contributed by atoms with Crippen molar-refractivity contribution >= 4 is 40.4 Å². The van der Waals surface area contributed by atoms with E-state index >= 15 is 0 Å². The zero-order valence-electron chi connectivity index (χ0n) is 13.4. The topological polar surface area (TPSA) is 60.9 Å². The SMILES string of the molecule is Cc1c(C(N)=O)nn(-c2ccc(Cl)cc2Cl)c1-c1ccc(C2CC2)s1. The van der Waals surface area contributed by atoms with Crippen LogP contribution >= 0.6 is 34.5 Å². The molecule has 2 aromatic heterocycles. The zero-order valence-corrected chi connectivity index (χ0v) is 15.8. The summed E-state index contributed by atoms with van der Waals surface area (Å²) in [6, 6.07) is 9.43. The number of rotatable bonds is 4. The summed E-state index contributed by atoms with van der Waals surface area (Å²) in [7, 11) is 0. The summed E-state index contributed by atoms with van der Waals surface area (Å²) in [5.74, 6) is 0.117. The molecule has 2 N–H and O–H groups in total. The predicted octanol–water partition coefficient (Wildman–Crippen LogP) is 5.19. The highest BCUT2D eigenvalue weighted by molar-refractivity contribution is 7.15. The second kappa shape index (κ2) is 6.16.